The first-order valence-electron chi connectivity index (χ1n) is 37.7. The van der Waals surface area contributed by atoms with Crippen molar-refractivity contribution in [2.24, 2.45) is 43.3 Å². The number of rotatable bonds is 0. The third-order valence-corrected chi connectivity index (χ3v) is 22.1. The Morgan fingerprint density at radius 3 is 0.462 bits per heavy atom. The topological polar surface area (TPSA) is 174 Å². The molecular formula is C94H118O10. The fourth-order valence-corrected chi connectivity index (χ4v) is 18.2. The van der Waals surface area contributed by atoms with Gasteiger partial charge in [0.1, 0.15) is 46.0 Å². The van der Waals surface area contributed by atoms with Crippen molar-refractivity contribution in [3.63, 3.8) is 0 Å². The molecule has 0 aliphatic carbocycles. The molecule has 6 atom stereocenters. The standard InChI is InChI=1S/C94H118O10/c1-87(2,3)71-53-35-27-37-55(79(53)97)72(88(4,5)6)57-39-29-43-61(81(57)99)75(91(13,14)15)65-47-33-49-67-77(93(19,20)21)63-45-31-41-59(83(63)101)74(90(10,11)12)60-42-32-46-64(84(60)102)78(94(22,23)24)68-50-34-48-66(86(68)104-70(96)52-26-25-51-69(95)103-85(65)67)76(92(16,17)18)62-44-30-40-58(82(62)100)73(89(7,8)9)56-38-28-36-54(71)80(56)98/h27-50,71-78,97-102H,25-26,51-52H2,1-24H3. The van der Waals surface area contributed by atoms with Crippen LogP contribution in [0.5, 0.6) is 46.0 Å². The normalized spacial score (nSPS) is 20.8. The van der Waals surface area contributed by atoms with Gasteiger partial charge in [-0.2, -0.15) is 0 Å². The Hall–Kier alpha value is -8.50. The smallest absolute Gasteiger partial charge is 0.311 e. The second kappa shape index (κ2) is 28.1. The van der Waals surface area contributed by atoms with Crippen molar-refractivity contribution < 1.29 is 49.7 Å². The summed E-state index contributed by atoms with van der Waals surface area (Å²) in [5, 5.41) is 81.3. The fourth-order valence-electron chi connectivity index (χ4n) is 18.2. The lowest BCUT2D eigenvalue weighted by molar-refractivity contribution is -0.136. The van der Waals surface area contributed by atoms with Crippen LogP contribution in [0.1, 0.15) is 328 Å². The molecule has 6 N–H and O–H groups in total. The van der Waals surface area contributed by atoms with Gasteiger partial charge in [0.2, 0.25) is 0 Å². The van der Waals surface area contributed by atoms with E-state index in [2.05, 4.69) is 166 Å². The number of carbonyl (C=O) groups is 2. The van der Waals surface area contributed by atoms with E-state index < -0.39 is 103 Å². The van der Waals surface area contributed by atoms with E-state index in [1.54, 1.807) is 0 Å². The molecule has 0 spiro atoms. The molecule has 8 aromatic carbocycles. The Morgan fingerprint density at radius 1 is 0.221 bits per heavy atom. The number of esters is 2. The number of para-hydroxylation sites is 8. The average Bonchev–Trinajstić information content (AvgIpc) is 0.771. The van der Waals surface area contributed by atoms with E-state index in [9.17, 15) is 30.6 Å². The van der Waals surface area contributed by atoms with Gasteiger partial charge in [-0.05, 0) is 56.2 Å². The molecule has 0 fully saturated rings. The van der Waals surface area contributed by atoms with Gasteiger partial charge < -0.3 is 40.1 Å². The third kappa shape index (κ3) is 15.1. The summed E-state index contributed by atoms with van der Waals surface area (Å²) in [7, 11) is 0. The molecule has 554 valence electrons. The van der Waals surface area contributed by atoms with Gasteiger partial charge in [-0.25, -0.2) is 0 Å². The van der Waals surface area contributed by atoms with Gasteiger partial charge in [0.15, 0.2) is 0 Å². The van der Waals surface area contributed by atoms with Crippen LogP contribution in [0.15, 0.2) is 146 Å². The van der Waals surface area contributed by atoms with Crippen molar-refractivity contribution >= 4 is 11.9 Å². The highest BCUT2D eigenvalue weighted by molar-refractivity contribution is 5.77. The molecule has 0 radical (unpaired) electrons. The van der Waals surface area contributed by atoms with Gasteiger partial charge in [0.25, 0.3) is 0 Å². The predicted octanol–water partition coefficient (Wildman–Crippen LogP) is 24.0. The maximum absolute atomic E-state index is 15.3. The number of fused-ring (bicyclic) bond motifs is 19. The number of carbonyl (C=O) groups excluding carboxylic acids is 2. The number of hydrogen-bond donors (Lipinski definition) is 6. The molecule has 2 aliphatic heterocycles. The van der Waals surface area contributed by atoms with Crippen LogP contribution in [-0.4, -0.2) is 42.6 Å². The van der Waals surface area contributed by atoms with Crippen LogP contribution in [0.3, 0.4) is 0 Å². The Labute approximate surface area is 621 Å². The van der Waals surface area contributed by atoms with Gasteiger partial charge in [0.05, 0.1) is 0 Å². The fraction of sp³-hybridized carbons (Fsp3) is 0.468. The number of phenolic OH excluding ortho intramolecular Hbond substituents is 6. The van der Waals surface area contributed by atoms with Crippen LogP contribution in [-0.2, 0) is 9.59 Å². The summed E-state index contributed by atoms with van der Waals surface area (Å²) in [5.41, 5.74) is 4.38. The molecule has 2 heterocycles. The zero-order valence-corrected chi connectivity index (χ0v) is 66.6. The molecule has 14 bridgehead atoms. The first-order chi connectivity index (χ1) is 48.1. The van der Waals surface area contributed by atoms with E-state index in [1.165, 1.54) is 0 Å². The van der Waals surface area contributed by atoms with Crippen LogP contribution in [0.25, 0.3) is 0 Å². The zero-order chi connectivity index (χ0) is 76.8. The lowest BCUT2D eigenvalue weighted by Gasteiger charge is -2.39. The predicted molar refractivity (Wildman–Crippen MR) is 422 cm³/mol. The monoisotopic (exact) mass is 1410 g/mol. The second-order valence-electron chi connectivity index (χ2n) is 38.8. The summed E-state index contributed by atoms with van der Waals surface area (Å²) in [4.78, 5) is 30.6. The Bertz CT molecular complexity index is 4250. The molecule has 0 aromatic heterocycles. The second-order valence-corrected chi connectivity index (χ2v) is 38.8. The van der Waals surface area contributed by atoms with Gasteiger partial charge in [-0.15, -0.1) is 0 Å². The Kier molecular flexibility index (Phi) is 21.1. The lowest BCUT2D eigenvalue weighted by atomic mass is 9.65. The first kappa shape index (κ1) is 78.1. The lowest BCUT2D eigenvalue weighted by Crippen LogP contribution is -2.26. The maximum Gasteiger partial charge on any atom is 0.311 e. The molecular weight excluding hydrogens is 1290 g/mol. The largest absolute Gasteiger partial charge is 0.507 e. The van der Waals surface area contributed by atoms with Gasteiger partial charge in [-0.1, -0.05) is 312 Å². The molecule has 8 aromatic rings. The minimum atomic E-state index is -0.685. The average molecular weight is 1410 g/mol. The molecule has 0 saturated carbocycles. The third-order valence-electron chi connectivity index (χ3n) is 22.1. The van der Waals surface area contributed by atoms with Crippen LogP contribution in [0.2, 0.25) is 0 Å². The van der Waals surface area contributed by atoms with E-state index in [4.69, 9.17) is 9.47 Å². The number of benzene rings is 8. The number of hydrogen-bond acceptors (Lipinski definition) is 10. The van der Waals surface area contributed by atoms with Crippen molar-refractivity contribution in [3.8, 4) is 46.0 Å². The molecule has 2 aliphatic rings. The molecule has 0 saturated heterocycles. The number of ether oxygens (including phenoxy) is 2. The molecule has 10 nitrogen and oxygen atoms in total. The zero-order valence-electron chi connectivity index (χ0n) is 66.6. The highest BCUT2D eigenvalue weighted by Crippen LogP contribution is 2.62. The SMILES string of the molecule is CC(C)(C)C1c2cccc(c2O)C(C(C)(C)C)c2cccc(c2O)C(C(C)(C)C)c2cccc3c2OC(=O)CCCCC(=O)Oc2c(cccc2C(C(C)(C)C)c2cccc(c2O)C(C(C)(C)C)c2cccc(c2O)C3C(C)(C)C)C(C(C)(C)C)c2cccc(c2O)C(C(C)(C)C)c2cccc1c2O. The maximum atomic E-state index is 15.3. The molecule has 10 rings (SSSR count). The number of phenols is 6. The summed E-state index contributed by atoms with van der Waals surface area (Å²) in [5.74, 6) is -5.30. The highest BCUT2D eigenvalue weighted by atomic mass is 16.5. The summed E-state index contributed by atoms with van der Waals surface area (Å²) in [6.07, 6.45) is 0.384. The Balaban J connectivity index is 1.39. The molecule has 0 amide bonds. The molecule has 104 heavy (non-hydrogen) atoms. The van der Waals surface area contributed by atoms with Crippen LogP contribution in [0.4, 0.5) is 0 Å². The van der Waals surface area contributed by atoms with Crippen molar-refractivity contribution in [2.45, 2.75) is 239 Å². The Morgan fingerprint density at radius 2 is 0.337 bits per heavy atom. The van der Waals surface area contributed by atoms with E-state index in [1.807, 2.05) is 146 Å². The summed E-state index contributed by atoms with van der Waals surface area (Å²) >= 11 is 0. The van der Waals surface area contributed by atoms with Gasteiger partial charge in [0, 0.05) is 149 Å². The van der Waals surface area contributed by atoms with E-state index >= 15 is 9.59 Å². The minimum absolute atomic E-state index is 0.0218. The van der Waals surface area contributed by atoms with Gasteiger partial charge >= 0.3 is 11.9 Å². The van der Waals surface area contributed by atoms with E-state index in [-0.39, 0.29) is 60.2 Å². The van der Waals surface area contributed by atoms with Crippen LogP contribution >= 0.6 is 0 Å². The van der Waals surface area contributed by atoms with Crippen molar-refractivity contribution in [1.29, 1.82) is 0 Å². The van der Waals surface area contributed by atoms with Crippen molar-refractivity contribution in [3.05, 3.63) is 235 Å². The number of aromatic hydroxyl groups is 6. The summed E-state index contributed by atoms with van der Waals surface area (Å²) < 4.78 is 14.0. The van der Waals surface area contributed by atoms with Gasteiger partial charge in [-0.3, -0.25) is 9.59 Å². The highest BCUT2D eigenvalue weighted by Gasteiger charge is 2.46. The van der Waals surface area contributed by atoms with Crippen LogP contribution in [0, 0.1) is 43.3 Å². The van der Waals surface area contributed by atoms with E-state index in [0.29, 0.717) is 101 Å². The van der Waals surface area contributed by atoms with Crippen LogP contribution < -0.4 is 9.47 Å². The molecule has 10 heteroatoms. The van der Waals surface area contributed by atoms with Crippen molar-refractivity contribution in [2.75, 3.05) is 0 Å². The van der Waals surface area contributed by atoms with E-state index in [0.717, 1.165) is 0 Å². The summed E-state index contributed by atoms with van der Waals surface area (Å²) in [6.45, 7) is 50.7. The molecule has 6 unspecified atom stereocenters. The summed E-state index contributed by atoms with van der Waals surface area (Å²) in [6, 6.07) is 46.9. The quantitative estimate of drug-likeness (QED) is 0.0634. The minimum Gasteiger partial charge on any atom is -0.507 e. The first-order valence-corrected chi connectivity index (χ1v) is 37.7. The van der Waals surface area contributed by atoms with Crippen molar-refractivity contribution in [1.82, 2.24) is 0 Å².